The second-order valence-electron chi connectivity index (χ2n) is 5.92. The molecule has 1 N–H and O–H groups in total. The second-order valence-corrected chi connectivity index (χ2v) is 6.99. The summed E-state index contributed by atoms with van der Waals surface area (Å²) >= 11 is 1.90. The summed E-state index contributed by atoms with van der Waals surface area (Å²) in [6, 6.07) is 1.50. The summed E-state index contributed by atoms with van der Waals surface area (Å²) in [6.07, 6.45) is 9.22. The van der Waals surface area contributed by atoms with Crippen LogP contribution in [0.15, 0.2) is 0 Å². The number of nitrogens with zero attached hydrogens (tertiary/aromatic N) is 2. The number of aromatic nitrogens is 1. The molecule has 0 unspecified atom stereocenters. The molecule has 0 aromatic carbocycles. The van der Waals surface area contributed by atoms with Crippen LogP contribution in [0.3, 0.4) is 0 Å². The minimum atomic E-state index is 0.722. The second kappa shape index (κ2) is 5.80. The van der Waals surface area contributed by atoms with Crippen LogP contribution in [-0.2, 0) is 13.0 Å². The highest BCUT2D eigenvalue weighted by molar-refractivity contribution is 7.15. The van der Waals surface area contributed by atoms with Gasteiger partial charge in [0.25, 0.3) is 0 Å². The number of rotatable bonds is 6. The Labute approximate surface area is 120 Å². The molecule has 2 saturated carbocycles. The summed E-state index contributed by atoms with van der Waals surface area (Å²) in [7, 11) is 2.23. The van der Waals surface area contributed by atoms with Crippen molar-refractivity contribution < 1.29 is 0 Å². The van der Waals surface area contributed by atoms with Crippen molar-refractivity contribution in [3.05, 3.63) is 10.6 Å². The summed E-state index contributed by atoms with van der Waals surface area (Å²) in [4.78, 5) is 8.76. The quantitative estimate of drug-likeness (QED) is 0.865. The zero-order chi connectivity index (χ0) is 13.2. The van der Waals surface area contributed by atoms with Gasteiger partial charge < -0.3 is 10.2 Å². The maximum atomic E-state index is 4.88. The van der Waals surface area contributed by atoms with Crippen LogP contribution >= 0.6 is 11.3 Å². The van der Waals surface area contributed by atoms with E-state index in [1.165, 1.54) is 54.2 Å². The lowest BCUT2D eigenvalue weighted by atomic mass is 10.2. The Bertz CT molecular complexity index is 419. The van der Waals surface area contributed by atoms with Gasteiger partial charge in [0, 0.05) is 30.6 Å². The van der Waals surface area contributed by atoms with Crippen molar-refractivity contribution in [2.45, 2.75) is 70.5 Å². The number of hydrogen-bond acceptors (Lipinski definition) is 4. The standard InChI is InChI=1S/C15H25N3S/c1-3-13-14(10-16-11-8-9-11)19-15(17-13)18(2)12-6-4-5-7-12/h11-12,16H,3-10H2,1-2H3. The zero-order valence-corrected chi connectivity index (χ0v) is 12.9. The van der Waals surface area contributed by atoms with E-state index in [1.54, 1.807) is 0 Å². The van der Waals surface area contributed by atoms with E-state index >= 15 is 0 Å². The van der Waals surface area contributed by atoms with Gasteiger partial charge in [0.1, 0.15) is 0 Å². The average Bonchev–Trinajstić information content (AvgIpc) is 2.96. The highest BCUT2D eigenvalue weighted by Crippen LogP contribution is 2.32. The predicted molar refractivity (Wildman–Crippen MR) is 82.0 cm³/mol. The highest BCUT2D eigenvalue weighted by Gasteiger charge is 2.24. The lowest BCUT2D eigenvalue weighted by Gasteiger charge is -2.23. The molecule has 3 nitrogen and oxygen atoms in total. The van der Waals surface area contributed by atoms with Crippen molar-refractivity contribution in [2.75, 3.05) is 11.9 Å². The number of anilines is 1. The number of aryl methyl sites for hydroxylation is 1. The lowest BCUT2D eigenvalue weighted by molar-refractivity contribution is 0.650. The van der Waals surface area contributed by atoms with Gasteiger partial charge in [-0.3, -0.25) is 0 Å². The predicted octanol–water partition coefficient (Wildman–Crippen LogP) is 3.34. The van der Waals surface area contributed by atoms with Crippen LogP contribution in [0.25, 0.3) is 0 Å². The van der Waals surface area contributed by atoms with Crippen molar-refractivity contribution in [2.24, 2.45) is 0 Å². The SMILES string of the molecule is CCc1nc(N(C)C2CCCC2)sc1CNC1CC1. The first-order chi connectivity index (χ1) is 9.28. The third-order valence-corrected chi connectivity index (χ3v) is 5.59. The van der Waals surface area contributed by atoms with E-state index < -0.39 is 0 Å². The molecule has 0 amide bonds. The topological polar surface area (TPSA) is 28.2 Å². The molecule has 0 spiro atoms. The summed E-state index contributed by atoms with van der Waals surface area (Å²) in [5, 5.41) is 4.85. The van der Waals surface area contributed by atoms with Gasteiger partial charge in [-0.15, -0.1) is 11.3 Å². The zero-order valence-electron chi connectivity index (χ0n) is 12.1. The van der Waals surface area contributed by atoms with Crippen LogP contribution in [0.2, 0.25) is 0 Å². The van der Waals surface area contributed by atoms with Crippen LogP contribution in [-0.4, -0.2) is 24.1 Å². The fourth-order valence-electron chi connectivity index (χ4n) is 2.91. The lowest BCUT2D eigenvalue weighted by Crippen LogP contribution is -2.28. The van der Waals surface area contributed by atoms with Crippen molar-refractivity contribution in [3.8, 4) is 0 Å². The van der Waals surface area contributed by atoms with E-state index in [4.69, 9.17) is 4.98 Å². The van der Waals surface area contributed by atoms with Gasteiger partial charge in [-0.05, 0) is 32.1 Å². The molecule has 1 aromatic rings. The van der Waals surface area contributed by atoms with E-state index in [2.05, 4.69) is 24.2 Å². The maximum Gasteiger partial charge on any atom is 0.185 e. The molecule has 2 aliphatic rings. The van der Waals surface area contributed by atoms with Crippen LogP contribution in [0.1, 0.15) is 56.0 Å². The van der Waals surface area contributed by atoms with Gasteiger partial charge in [0.2, 0.25) is 0 Å². The third kappa shape index (κ3) is 3.11. The first kappa shape index (κ1) is 13.4. The number of thiazole rings is 1. The molecule has 19 heavy (non-hydrogen) atoms. The molecule has 2 fully saturated rings. The Hall–Kier alpha value is -0.610. The van der Waals surface area contributed by atoms with E-state index in [-0.39, 0.29) is 0 Å². The van der Waals surface area contributed by atoms with Crippen molar-refractivity contribution in [3.63, 3.8) is 0 Å². The molecule has 3 rings (SSSR count). The van der Waals surface area contributed by atoms with Crippen LogP contribution in [0, 0.1) is 0 Å². The molecule has 1 aromatic heterocycles. The van der Waals surface area contributed by atoms with Gasteiger partial charge in [0.15, 0.2) is 5.13 Å². The molecule has 0 bridgehead atoms. The van der Waals surface area contributed by atoms with Gasteiger partial charge in [-0.25, -0.2) is 4.98 Å². The normalized spacial score (nSPS) is 20.1. The Balaban J connectivity index is 1.69. The third-order valence-electron chi connectivity index (χ3n) is 4.40. The molecule has 2 aliphatic carbocycles. The minimum Gasteiger partial charge on any atom is -0.348 e. The van der Waals surface area contributed by atoms with E-state index in [0.717, 1.165) is 25.0 Å². The fourth-order valence-corrected chi connectivity index (χ4v) is 4.04. The van der Waals surface area contributed by atoms with Crippen molar-refractivity contribution in [1.82, 2.24) is 10.3 Å². The first-order valence-corrected chi connectivity index (χ1v) is 8.54. The highest BCUT2D eigenvalue weighted by atomic mass is 32.1. The fraction of sp³-hybridized carbons (Fsp3) is 0.800. The van der Waals surface area contributed by atoms with Crippen molar-refractivity contribution in [1.29, 1.82) is 0 Å². The molecule has 0 saturated heterocycles. The van der Waals surface area contributed by atoms with Crippen LogP contribution in [0.4, 0.5) is 5.13 Å². The Morgan fingerprint density at radius 1 is 1.26 bits per heavy atom. The average molecular weight is 279 g/mol. The Morgan fingerprint density at radius 3 is 2.63 bits per heavy atom. The largest absolute Gasteiger partial charge is 0.348 e. The van der Waals surface area contributed by atoms with E-state index in [9.17, 15) is 0 Å². The van der Waals surface area contributed by atoms with Crippen LogP contribution in [0.5, 0.6) is 0 Å². The first-order valence-electron chi connectivity index (χ1n) is 7.72. The molecule has 1 heterocycles. The molecule has 4 heteroatoms. The van der Waals surface area contributed by atoms with Crippen molar-refractivity contribution >= 4 is 16.5 Å². The molecular formula is C15H25N3S. The smallest absolute Gasteiger partial charge is 0.185 e. The molecule has 0 aliphatic heterocycles. The maximum absolute atomic E-state index is 4.88. The number of nitrogens with one attached hydrogen (secondary N) is 1. The molecular weight excluding hydrogens is 254 g/mol. The summed E-state index contributed by atoms with van der Waals surface area (Å²) in [6.45, 7) is 3.24. The Morgan fingerprint density at radius 2 is 2.00 bits per heavy atom. The summed E-state index contributed by atoms with van der Waals surface area (Å²) < 4.78 is 0. The minimum absolute atomic E-state index is 0.722. The van der Waals surface area contributed by atoms with Gasteiger partial charge in [-0.2, -0.15) is 0 Å². The van der Waals surface area contributed by atoms with E-state index in [1.807, 2.05) is 11.3 Å². The summed E-state index contributed by atoms with van der Waals surface area (Å²) in [5.41, 5.74) is 1.30. The Kier molecular flexibility index (Phi) is 4.08. The molecule has 0 atom stereocenters. The summed E-state index contributed by atoms with van der Waals surface area (Å²) in [5.74, 6) is 0. The molecule has 106 valence electrons. The van der Waals surface area contributed by atoms with Gasteiger partial charge in [-0.1, -0.05) is 19.8 Å². The van der Waals surface area contributed by atoms with Gasteiger partial charge >= 0.3 is 0 Å². The van der Waals surface area contributed by atoms with Gasteiger partial charge in [0.05, 0.1) is 5.69 Å². The van der Waals surface area contributed by atoms with Crippen LogP contribution < -0.4 is 10.2 Å². The number of hydrogen-bond donors (Lipinski definition) is 1. The molecule has 0 radical (unpaired) electrons. The monoisotopic (exact) mass is 279 g/mol. The van der Waals surface area contributed by atoms with E-state index in [0.29, 0.717) is 0 Å².